The number of pyridine rings is 1. The first kappa shape index (κ1) is 14.4. The molecule has 2 aromatic heterocycles. The van der Waals surface area contributed by atoms with Gasteiger partial charge in [0.25, 0.3) is 0 Å². The van der Waals surface area contributed by atoms with Crippen molar-refractivity contribution < 1.29 is 4.74 Å². The minimum Gasteiger partial charge on any atom is -0.377 e. The van der Waals surface area contributed by atoms with Gasteiger partial charge in [-0.05, 0) is 37.8 Å². The number of nitrogens with one attached hydrogen (secondary N) is 1. The van der Waals surface area contributed by atoms with Crippen LogP contribution in [0.25, 0.3) is 10.3 Å². The summed E-state index contributed by atoms with van der Waals surface area (Å²) in [5, 5.41) is 4.60. The lowest BCUT2D eigenvalue weighted by Gasteiger charge is -2.33. The Morgan fingerprint density at radius 3 is 3.00 bits per heavy atom. The van der Waals surface area contributed by atoms with Gasteiger partial charge in [0.05, 0.1) is 6.10 Å². The van der Waals surface area contributed by atoms with Gasteiger partial charge in [0.1, 0.15) is 10.3 Å². The van der Waals surface area contributed by atoms with Gasteiger partial charge in [0, 0.05) is 38.5 Å². The molecule has 118 valence electrons. The first-order valence-corrected chi connectivity index (χ1v) is 9.00. The van der Waals surface area contributed by atoms with Crippen molar-refractivity contribution in [1.82, 2.24) is 14.9 Å². The molecule has 2 aliphatic rings. The molecule has 1 atom stereocenters. The molecule has 22 heavy (non-hydrogen) atoms. The van der Waals surface area contributed by atoms with Crippen molar-refractivity contribution in [3.05, 3.63) is 18.3 Å². The Hall–Kier alpha value is -1.24. The fourth-order valence-electron chi connectivity index (χ4n) is 3.34. The molecule has 0 radical (unpaired) electrons. The lowest BCUT2D eigenvalue weighted by atomic mass is 10.0. The van der Waals surface area contributed by atoms with Crippen LogP contribution in [0.2, 0.25) is 0 Å². The minimum atomic E-state index is 0.472. The molecule has 0 saturated carbocycles. The monoisotopic (exact) mass is 318 g/mol. The molecule has 2 fully saturated rings. The fourth-order valence-corrected chi connectivity index (χ4v) is 4.23. The summed E-state index contributed by atoms with van der Waals surface area (Å²) in [6.07, 6.45) is 7.12. The van der Waals surface area contributed by atoms with Crippen LogP contribution in [0.15, 0.2) is 18.3 Å². The molecule has 4 rings (SSSR count). The first-order valence-electron chi connectivity index (χ1n) is 8.19. The van der Waals surface area contributed by atoms with Crippen molar-refractivity contribution in [2.45, 2.75) is 37.8 Å². The van der Waals surface area contributed by atoms with Crippen LogP contribution in [-0.2, 0) is 4.74 Å². The van der Waals surface area contributed by atoms with Crippen LogP contribution in [0, 0.1) is 0 Å². The molecule has 1 N–H and O–H groups in total. The SMILES string of the molecule is c1cnc2sc(NC3CCN(CC4CCCO4)CC3)nc2c1. The average molecular weight is 318 g/mol. The van der Waals surface area contributed by atoms with Crippen molar-refractivity contribution in [2.24, 2.45) is 0 Å². The Balaban J connectivity index is 1.29. The number of thiazole rings is 1. The second-order valence-corrected chi connectivity index (χ2v) is 7.18. The van der Waals surface area contributed by atoms with E-state index in [2.05, 4.69) is 20.2 Å². The van der Waals surface area contributed by atoms with Crippen LogP contribution < -0.4 is 5.32 Å². The Bertz CT molecular complexity index is 584. The molecule has 0 aliphatic carbocycles. The summed E-state index contributed by atoms with van der Waals surface area (Å²) in [5.41, 5.74) is 0.991. The van der Waals surface area contributed by atoms with E-state index in [0.29, 0.717) is 12.1 Å². The number of likely N-dealkylation sites (tertiary alicyclic amines) is 1. The topological polar surface area (TPSA) is 50.3 Å². The highest BCUT2D eigenvalue weighted by Crippen LogP contribution is 2.26. The maximum Gasteiger partial charge on any atom is 0.185 e. The van der Waals surface area contributed by atoms with Crippen LogP contribution in [0.3, 0.4) is 0 Å². The van der Waals surface area contributed by atoms with Gasteiger partial charge in [-0.2, -0.15) is 0 Å². The summed E-state index contributed by atoms with van der Waals surface area (Å²) in [7, 11) is 0. The van der Waals surface area contributed by atoms with E-state index in [1.807, 2.05) is 18.3 Å². The normalized spacial score (nSPS) is 24.1. The molecule has 5 nitrogen and oxygen atoms in total. The maximum absolute atomic E-state index is 5.74. The number of hydrogen-bond donors (Lipinski definition) is 1. The molecule has 2 aromatic rings. The summed E-state index contributed by atoms with van der Waals surface area (Å²) in [6, 6.07) is 4.49. The van der Waals surface area contributed by atoms with Crippen molar-refractivity contribution in [2.75, 3.05) is 31.6 Å². The van der Waals surface area contributed by atoms with Crippen LogP contribution in [-0.4, -0.2) is 53.3 Å². The van der Waals surface area contributed by atoms with Crippen LogP contribution in [0.4, 0.5) is 5.13 Å². The zero-order valence-corrected chi connectivity index (χ0v) is 13.5. The zero-order valence-electron chi connectivity index (χ0n) is 12.7. The molecule has 2 aliphatic heterocycles. The van der Waals surface area contributed by atoms with Gasteiger partial charge in [0.2, 0.25) is 0 Å². The number of hydrogen-bond acceptors (Lipinski definition) is 6. The number of ether oxygens (including phenoxy) is 1. The third-order valence-corrected chi connectivity index (χ3v) is 5.48. The van der Waals surface area contributed by atoms with E-state index in [-0.39, 0.29) is 0 Å². The standard InChI is InChI=1S/C16H22N4OS/c1-4-14-15(17-7-1)22-16(19-14)18-12-5-8-20(9-6-12)11-13-3-2-10-21-13/h1,4,7,12-13H,2-3,5-6,8-11H2,(H,18,19). The van der Waals surface area contributed by atoms with E-state index in [0.717, 1.165) is 41.7 Å². The number of nitrogens with zero attached hydrogens (tertiary/aromatic N) is 3. The summed E-state index contributed by atoms with van der Waals surface area (Å²) < 4.78 is 5.74. The Kier molecular flexibility index (Phi) is 4.23. The molecular formula is C16H22N4OS. The largest absolute Gasteiger partial charge is 0.377 e. The number of fused-ring (bicyclic) bond motifs is 1. The average Bonchev–Trinajstić information content (AvgIpc) is 3.18. The number of anilines is 1. The van der Waals surface area contributed by atoms with Gasteiger partial charge in [-0.25, -0.2) is 9.97 Å². The summed E-state index contributed by atoms with van der Waals surface area (Å²) in [6.45, 7) is 4.37. The lowest BCUT2D eigenvalue weighted by molar-refractivity contribution is 0.0654. The van der Waals surface area contributed by atoms with Crippen molar-refractivity contribution in [3.8, 4) is 0 Å². The number of piperidine rings is 1. The van der Waals surface area contributed by atoms with E-state index in [4.69, 9.17) is 4.74 Å². The predicted octanol–water partition coefficient (Wildman–Crippen LogP) is 2.75. The van der Waals surface area contributed by atoms with Crippen molar-refractivity contribution in [1.29, 1.82) is 0 Å². The number of aromatic nitrogens is 2. The molecule has 0 aromatic carbocycles. The van der Waals surface area contributed by atoms with Crippen molar-refractivity contribution >= 4 is 26.8 Å². The van der Waals surface area contributed by atoms with Gasteiger partial charge in [-0.3, -0.25) is 0 Å². The van der Waals surface area contributed by atoms with Crippen LogP contribution in [0.5, 0.6) is 0 Å². The fraction of sp³-hybridized carbons (Fsp3) is 0.625. The van der Waals surface area contributed by atoms with E-state index in [9.17, 15) is 0 Å². The van der Waals surface area contributed by atoms with Gasteiger partial charge >= 0.3 is 0 Å². The van der Waals surface area contributed by atoms with Crippen LogP contribution in [0.1, 0.15) is 25.7 Å². The van der Waals surface area contributed by atoms with Gasteiger partial charge in [-0.15, -0.1) is 0 Å². The molecule has 0 bridgehead atoms. The molecule has 1 unspecified atom stereocenters. The maximum atomic E-state index is 5.74. The van der Waals surface area contributed by atoms with Crippen molar-refractivity contribution in [3.63, 3.8) is 0 Å². The highest BCUT2D eigenvalue weighted by molar-refractivity contribution is 7.21. The Labute approximate surface area is 134 Å². The second kappa shape index (κ2) is 6.48. The zero-order chi connectivity index (χ0) is 14.8. The van der Waals surface area contributed by atoms with E-state index in [1.54, 1.807) is 11.3 Å². The van der Waals surface area contributed by atoms with E-state index in [1.165, 1.54) is 25.7 Å². The molecule has 6 heteroatoms. The van der Waals surface area contributed by atoms with E-state index < -0.39 is 0 Å². The summed E-state index contributed by atoms with van der Waals surface area (Å²) in [5.74, 6) is 0. The van der Waals surface area contributed by atoms with Crippen LogP contribution >= 0.6 is 11.3 Å². The van der Waals surface area contributed by atoms with Gasteiger partial charge in [0.15, 0.2) is 5.13 Å². The first-order chi connectivity index (χ1) is 10.9. The summed E-state index contributed by atoms with van der Waals surface area (Å²) >= 11 is 1.65. The lowest BCUT2D eigenvalue weighted by Crippen LogP contribution is -2.42. The Morgan fingerprint density at radius 2 is 2.23 bits per heavy atom. The quantitative estimate of drug-likeness (QED) is 0.939. The molecule has 4 heterocycles. The predicted molar refractivity (Wildman–Crippen MR) is 89.5 cm³/mol. The van der Waals surface area contributed by atoms with Gasteiger partial charge in [-0.1, -0.05) is 11.3 Å². The molecule has 2 saturated heterocycles. The molecule has 0 spiro atoms. The summed E-state index contributed by atoms with van der Waals surface area (Å²) in [4.78, 5) is 12.5. The van der Waals surface area contributed by atoms with E-state index >= 15 is 0 Å². The minimum absolute atomic E-state index is 0.472. The highest BCUT2D eigenvalue weighted by Gasteiger charge is 2.24. The Morgan fingerprint density at radius 1 is 1.32 bits per heavy atom. The molecular weight excluding hydrogens is 296 g/mol. The third-order valence-electron chi connectivity index (χ3n) is 4.57. The third kappa shape index (κ3) is 3.24. The number of rotatable bonds is 4. The molecule has 0 amide bonds. The highest BCUT2D eigenvalue weighted by atomic mass is 32.1. The van der Waals surface area contributed by atoms with Gasteiger partial charge < -0.3 is 15.0 Å². The smallest absolute Gasteiger partial charge is 0.185 e. The second-order valence-electron chi connectivity index (χ2n) is 6.20.